The summed E-state index contributed by atoms with van der Waals surface area (Å²) in [5.41, 5.74) is 7.80. The Hall–Kier alpha value is -1.55. The van der Waals surface area contributed by atoms with Crippen LogP contribution in [0.25, 0.3) is 0 Å². The van der Waals surface area contributed by atoms with Crippen molar-refractivity contribution in [2.45, 2.75) is 26.7 Å². The molecular formula is C14H22N2O2. The van der Waals surface area contributed by atoms with Crippen molar-refractivity contribution >= 4 is 11.6 Å². The number of carbonyl (C=O) groups excluding carboxylic acids is 1. The summed E-state index contributed by atoms with van der Waals surface area (Å²) in [6.45, 7) is 6.02. The number of rotatable bonds is 7. The number of amides is 1. The fraction of sp³-hybridized carbons (Fsp3) is 0.500. The highest BCUT2D eigenvalue weighted by molar-refractivity contribution is 6.00. The van der Waals surface area contributed by atoms with Gasteiger partial charge in [0.2, 0.25) is 0 Å². The second-order valence-electron chi connectivity index (χ2n) is 4.26. The van der Waals surface area contributed by atoms with Crippen LogP contribution in [0.5, 0.6) is 0 Å². The van der Waals surface area contributed by atoms with E-state index >= 15 is 0 Å². The van der Waals surface area contributed by atoms with E-state index in [1.54, 1.807) is 6.07 Å². The normalized spacial score (nSPS) is 10.3. The maximum Gasteiger partial charge on any atom is 0.253 e. The van der Waals surface area contributed by atoms with Crippen molar-refractivity contribution in [3.8, 4) is 0 Å². The van der Waals surface area contributed by atoms with Crippen LogP contribution in [-0.2, 0) is 4.74 Å². The molecule has 4 nitrogen and oxygen atoms in total. The van der Waals surface area contributed by atoms with Gasteiger partial charge in [0.1, 0.15) is 0 Å². The first kappa shape index (κ1) is 14.5. The van der Waals surface area contributed by atoms with Crippen LogP contribution >= 0.6 is 0 Å². The van der Waals surface area contributed by atoms with Gasteiger partial charge in [-0.05, 0) is 31.4 Å². The van der Waals surface area contributed by atoms with E-state index < -0.39 is 0 Å². The minimum Gasteiger partial charge on any atom is -0.398 e. The summed E-state index contributed by atoms with van der Waals surface area (Å²) in [5.74, 6) is -0.110. The van der Waals surface area contributed by atoms with Gasteiger partial charge in [-0.1, -0.05) is 19.1 Å². The van der Waals surface area contributed by atoms with Crippen LogP contribution in [0.3, 0.4) is 0 Å². The third-order valence-corrected chi connectivity index (χ3v) is 2.63. The van der Waals surface area contributed by atoms with E-state index in [1.165, 1.54) is 0 Å². The zero-order chi connectivity index (χ0) is 13.4. The lowest BCUT2D eigenvalue weighted by Crippen LogP contribution is -2.26. The molecule has 0 aromatic heterocycles. The van der Waals surface area contributed by atoms with E-state index in [2.05, 4.69) is 12.2 Å². The van der Waals surface area contributed by atoms with Crippen molar-refractivity contribution in [3.05, 3.63) is 29.3 Å². The van der Waals surface area contributed by atoms with E-state index in [1.807, 2.05) is 19.1 Å². The monoisotopic (exact) mass is 250 g/mol. The number of aryl methyl sites for hydroxylation is 1. The van der Waals surface area contributed by atoms with Crippen molar-refractivity contribution in [2.75, 3.05) is 25.5 Å². The van der Waals surface area contributed by atoms with Gasteiger partial charge in [0.15, 0.2) is 0 Å². The minimum absolute atomic E-state index is 0.110. The zero-order valence-corrected chi connectivity index (χ0v) is 11.2. The molecular weight excluding hydrogens is 228 g/mol. The molecule has 1 aromatic rings. The van der Waals surface area contributed by atoms with E-state index in [0.717, 1.165) is 25.0 Å². The Kier molecular flexibility index (Phi) is 6.22. The molecule has 100 valence electrons. The number of carbonyl (C=O) groups is 1. The lowest BCUT2D eigenvalue weighted by atomic mass is 10.1. The first-order valence-electron chi connectivity index (χ1n) is 6.37. The Balaban J connectivity index is 2.37. The average molecular weight is 250 g/mol. The van der Waals surface area contributed by atoms with Gasteiger partial charge in [-0.2, -0.15) is 0 Å². The minimum atomic E-state index is -0.110. The predicted molar refractivity (Wildman–Crippen MR) is 73.7 cm³/mol. The highest BCUT2D eigenvalue weighted by Gasteiger charge is 2.11. The first-order chi connectivity index (χ1) is 8.66. The standard InChI is InChI=1S/C14H22N2O2/c1-3-9-18-10-5-8-16-14(17)13-11(2)6-4-7-12(13)15/h4,6-7H,3,5,8-10,15H2,1-2H3,(H,16,17). The zero-order valence-electron chi connectivity index (χ0n) is 11.2. The van der Waals surface area contributed by atoms with Crippen LogP contribution in [0.2, 0.25) is 0 Å². The number of benzene rings is 1. The van der Waals surface area contributed by atoms with Crippen molar-refractivity contribution in [1.82, 2.24) is 5.32 Å². The molecule has 0 atom stereocenters. The molecule has 0 aliphatic heterocycles. The van der Waals surface area contributed by atoms with Gasteiger partial charge in [-0.25, -0.2) is 0 Å². The number of nitrogens with two attached hydrogens (primary N) is 1. The highest BCUT2D eigenvalue weighted by atomic mass is 16.5. The number of ether oxygens (including phenoxy) is 1. The van der Waals surface area contributed by atoms with E-state index in [0.29, 0.717) is 24.4 Å². The van der Waals surface area contributed by atoms with Gasteiger partial charge in [-0.15, -0.1) is 0 Å². The van der Waals surface area contributed by atoms with Crippen LogP contribution in [0.4, 0.5) is 5.69 Å². The van der Waals surface area contributed by atoms with Gasteiger partial charge in [0, 0.05) is 25.4 Å². The first-order valence-corrected chi connectivity index (χ1v) is 6.37. The molecule has 4 heteroatoms. The van der Waals surface area contributed by atoms with E-state index in [-0.39, 0.29) is 5.91 Å². The molecule has 1 amide bonds. The Morgan fingerprint density at radius 1 is 1.39 bits per heavy atom. The van der Waals surface area contributed by atoms with Gasteiger partial charge in [0.05, 0.1) is 5.56 Å². The molecule has 0 saturated heterocycles. The van der Waals surface area contributed by atoms with Crippen LogP contribution in [0, 0.1) is 6.92 Å². The van der Waals surface area contributed by atoms with Crippen LogP contribution in [0.1, 0.15) is 35.7 Å². The van der Waals surface area contributed by atoms with Gasteiger partial charge >= 0.3 is 0 Å². The molecule has 0 aliphatic carbocycles. The fourth-order valence-corrected chi connectivity index (χ4v) is 1.71. The Morgan fingerprint density at radius 3 is 2.83 bits per heavy atom. The molecule has 3 N–H and O–H groups in total. The molecule has 1 rings (SSSR count). The van der Waals surface area contributed by atoms with Crippen LogP contribution in [-0.4, -0.2) is 25.7 Å². The fourth-order valence-electron chi connectivity index (χ4n) is 1.71. The predicted octanol–water partition coefficient (Wildman–Crippen LogP) is 2.12. The van der Waals surface area contributed by atoms with Crippen molar-refractivity contribution in [3.63, 3.8) is 0 Å². The van der Waals surface area contributed by atoms with Crippen molar-refractivity contribution < 1.29 is 9.53 Å². The van der Waals surface area contributed by atoms with Crippen LogP contribution in [0.15, 0.2) is 18.2 Å². The molecule has 0 saturated carbocycles. The van der Waals surface area contributed by atoms with Gasteiger partial charge in [0.25, 0.3) is 5.91 Å². The summed E-state index contributed by atoms with van der Waals surface area (Å²) in [7, 11) is 0. The number of hydrogen-bond donors (Lipinski definition) is 2. The topological polar surface area (TPSA) is 64.3 Å². The Morgan fingerprint density at radius 2 is 2.17 bits per heavy atom. The number of nitrogen functional groups attached to an aromatic ring is 1. The Bertz CT molecular complexity index is 371. The molecule has 0 unspecified atom stereocenters. The second kappa shape index (κ2) is 7.71. The second-order valence-corrected chi connectivity index (χ2v) is 4.26. The quantitative estimate of drug-likeness (QED) is 0.575. The lowest BCUT2D eigenvalue weighted by molar-refractivity contribution is 0.0941. The molecule has 0 radical (unpaired) electrons. The highest BCUT2D eigenvalue weighted by Crippen LogP contribution is 2.15. The average Bonchev–Trinajstić information content (AvgIpc) is 2.33. The third-order valence-electron chi connectivity index (χ3n) is 2.63. The number of nitrogens with one attached hydrogen (secondary N) is 1. The van der Waals surface area contributed by atoms with Crippen molar-refractivity contribution in [1.29, 1.82) is 0 Å². The molecule has 0 fully saturated rings. The molecule has 18 heavy (non-hydrogen) atoms. The lowest BCUT2D eigenvalue weighted by Gasteiger charge is -2.10. The summed E-state index contributed by atoms with van der Waals surface area (Å²) in [4.78, 5) is 11.9. The molecule has 1 aromatic carbocycles. The van der Waals surface area contributed by atoms with Crippen molar-refractivity contribution in [2.24, 2.45) is 0 Å². The number of anilines is 1. The van der Waals surface area contributed by atoms with Gasteiger partial charge in [-0.3, -0.25) is 4.79 Å². The Labute approximate surface area is 109 Å². The molecule has 0 spiro atoms. The molecule has 0 heterocycles. The molecule has 0 aliphatic rings. The molecule has 0 bridgehead atoms. The maximum atomic E-state index is 11.9. The summed E-state index contributed by atoms with van der Waals surface area (Å²) in [6.07, 6.45) is 1.84. The van der Waals surface area contributed by atoms with Crippen LogP contribution < -0.4 is 11.1 Å². The summed E-state index contributed by atoms with van der Waals surface area (Å²) < 4.78 is 5.34. The summed E-state index contributed by atoms with van der Waals surface area (Å²) in [6, 6.07) is 5.47. The summed E-state index contributed by atoms with van der Waals surface area (Å²) in [5, 5.41) is 2.86. The van der Waals surface area contributed by atoms with E-state index in [9.17, 15) is 4.79 Å². The van der Waals surface area contributed by atoms with E-state index in [4.69, 9.17) is 10.5 Å². The van der Waals surface area contributed by atoms with Gasteiger partial charge < -0.3 is 15.8 Å². The SMILES string of the molecule is CCCOCCCNC(=O)c1c(C)cccc1N. The number of hydrogen-bond acceptors (Lipinski definition) is 3. The summed E-state index contributed by atoms with van der Waals surface area (Å²) >= 11 is 0. The largest absolute Gasteiger partial charge is 0.398 e. The third kappa shape index (κ3) is 4.37. The smallest absolute Gasteiger partial charge is 0.253 e. The maximum absolute atomic E-state index is 11.9.